The molecule has 9 aliphatic rings. The first-order valence-electron chi connectivity index (χ1n) is 26.0. The van der Waals surface area contributed by atoms with Crippen molar-refractivity contribution in [2.24, 2.45) is 46.3 Å². The molecule has 72 heavy (non-hydrogen) atoms. The number of carbonyl (C=O) groups is 1. The van der Waals surface area contributed by atoms with Crippen molar-refractivity contribution in [1.82, 2.24) is 0 Å². The maximum atomic E-state index is 13.1. The van der Waals surface area contributed by atoms with Gasteiger partial charge in [0.2, 0.25) is 0 Å². The zero-order valence-electron chi connectivity index (χ0n) is 41.4. The quantitative estimate of drug-likeness (QED) is 0.131. The molecular formula is C52H73F3O17. The first-order valence-corrected chi connectivity index (χ1v) is 26.0. The van der Waals surface area contributed by atoms with Crippen LogP contribution in [-0.4, -0.2) is 166 Å². The molecule has 404 valence electrons. The maximum absolute atomic E-state index is 13.1. The molecule has 8 fully saturated rings. The molecule has 5 aliphatic heterocycles. The molecule has 3 saturated carbocycles. The number of benzene rings is 1. The Balaban J connectivity index is 0.821. The molecule has 17 nitrogen and oxygen atoms in total. The zero-order valence-corrected chi connectivity index (χ0v) is 41.4. The number of alkyl halides is 3. The lowest BCUT2D eigenvalue weighted by molar-refractivity contribution is -0.380. The van der Waals surface area contributed by atoms with E-state index in [1.165, 1.54) is 12.5 Å². The van der Waals surface area contributed by atoms with Crippen LogP contribution in [0, 0.1) is 46.3 Å². The van der Waals surface area contributed by atoms with Gasteiger partial charge in [-0.25, -0.2) is 4.79 Å². The Morgan fingerprint density at radius 2 is 1.46 bits per heavy atom. The molecule has 5 saturated heterocycles. The second-order valence-corrected chi connectivity index (χ2v) is 23.1. The summed E-state index contributed by atoms with van der Waals surface area (Å²) in [5, 5.41) is 76.9. The number of ether oxygens (including phenoxy) is 9. The van der Waals surface area contributed by atoms with Gasteiger partial charge in [-0.15, -0.1) is 0 Å². The van der Waals surface area contributed by atoms with Crippen LogP contribution >= 0.6 is 0 Å². The van der Waals surface area contributed by atoms with Crippen molar-refractivity contribution in [3.05, 3.63) is 47.0 Å². The lowest BCUT2D eigenvalue weighted by Crippen LogP contribution is -2.65. The van der Waals surface area contributed by atoms with E-state index in [0.29, 0.717) is 60.5 Å². The summed E-state index contributed by atoms with van der Waals surface area (Å²) in [6, 6.07) is 3.30. The summed E-state index contributed by atoms with van der Waals surface area (Å²) in [5.74, 6) is 1.33. The topological polar surface area (TPSA) is 242 Å². The highest BCUT2D eigenvalue weighted by atomic mass is 19.4. The van der Waals surface area contributed by atoms with Crippen LogP contribution in [0.1, 0.15) is 108 Å². The van der Waals surface area contributed by atoms with Gasteiger partial charge in [0.15, 0.2) is 24.7 Å². The fraction of sp³-hybridized carbons (Fsp3) is 0.827. The van der Waals surface area contributed by atoms with Gasteiger partial charge in [0.05, 0.1) is 42.7 Å². The van der Waals surface area contributed by atoms with Crippen LogP contribution in [0.4, 0.5) is 13.2 Å². The van der Waals surface area contributed by atoms with Crippen LogP contribution in [0.25, 0.3) is 0 Å². The number of fused-ring (bicyclic) bond motifs is 7. The highest BCUT2D eigenvalue weighted by molar-refractivity contribution is 5.89. The number of hydrogen-bond acceptors (Lipinski definition) is 17. The average Bonchev–Trinajstić information content (AvgIpc) is 3.91. The van der Waals surface area contributed by atoms with Gasteiger partial charge in [0.25, 0.3) is 0 Å². The third-order valence-corrected chi connectivity index (χ3v) is 19.0. The smallest absolute Gasteiger partial charge is 0.416 e. The molecule has 1 aromatic rings. The van der Waals surface area contributed by atoms with Crippen molar-refractivity contribution >= 4 is 5.97 Å². The molecule has 0 bridgehead atoms. The molecular weight excluding hydrogens is 954 g/mol. The maximum Gasteiger partial charge on any atom is 0.416 e. The summed E-state index contributed by atoms with van der Waals surface area (Å²) in [5.41, 5.74) is 0.200. The molecule has 0 amide bonds. The SMILES string of the molecule is C[C@@H]1CC[C@@]2(OC1)OC1CC3C4CC=C5C[C@@H](O[C@@H]6O[C@H](CO)[C@@H](O[C@@H]7O[C@@H](COC(=O)c8ccc(C(F)(F)F)cc8)[C@H](O)[C@H]7O)[C@H](O)[C@H]6O[C@@H]6O[C@@H](C)[C@H](O)[C@@H](O)[C@H]6O)CC[C@]5(C)C4CC[C@]3(C)C1[C@@H]2C. The van der Waals surface area contributed by atoms with Gasteiger partial charge in [0, 0.05) is 12.3 Å². The number of esters is 1. The van der Waals surface area contributed by atoms with Gasteiger partial charge in [0.1, 0.15) is 67.6 Å². The number of halogens is 3. The number of rotatable bonds is 10. The van der Waals surface area contributed by atoms with Gasteiger partial charge in [-0.05, 0) is 123 Å². The van der Waals surface area contributed by atoms with Crippen molar-refractivity contribution in [3.63, 3.8) is 0 Å². The fourth-order valence-electron chi connectivity index (χ4n) is 14.9. The Bertz CT molecular complexity index is 2120. The lowest BCUT2D eigenvalue weighted by atomic mass is 9.47. The predicted molar refractivity (Wildman–Crippen MR) is 243 cm³/mol. The van der Waals surface area contributed by atoms with Crippen molar-refractivity contribution in [1.29, 1.82) is 0 Å². The Kier molecular flexibility index (Phi) is 14.6. The molecule has 0 radical (unpaired) electrons. The molecule has 1 aromatic carbocycles. The van der Waals surface area contributed by atoms with E-state index < -0.39 is 129 Å². The van der Waals surface area contributed by atoms with Crippen molar-refractivity contribution in [2.75, 3.05) is 19.8 Å². The number of carbonyl (C=O) groups excluding carboxylic acids is 1. The normalized spacial score (nSPS) is 50.2. The second-order valence-electron chi connectivity index (χ2n) is 23.1. The summed E-state index contributed by atoms with van der Waals surface area (Å²) < 4.78 is 94.7. The van der Waals surface area contributed by atoms with E-state index in [9.17, 15) is 53.7 Å². The molecule has 10 rings (SSSR count). The molecule has 7 N–H and O–H groups in total. The molecule has 20 heteroatoms. The molecule has 5 heterocycles. The number of aliphatic hydroxyl groups is 7. The summed E-state index contributed by atoms with van der Waals surface area (Å²) in [6.45, 7) is 10.3. The van der Waals surface area contributed by atoms with Crippen LogP contribution in [0.2, 0.25) is 0 Å². The summed E-state index contributed by atoms with van der Waals surface area (Å²) in [6.07, 6.45) is -16.0. The highest BCUT2D eigenvalue weighted by Crippen LogP contribution is 2.71. The van der Waals surface area contributed by atoms with E-state index in [0.717, 1.165) is 63.7 Å². The van der Waals surface area contributed by atoms with E-state index in [-0.39, 0.29) is 22.5 Å². The fourth-order valence-corrected chi connectivity index (χ4v) is 14.9. The first-order chi connectivity index (χ1) is 34.1. The Labute approximate surface area is 417 Å². The summed E-state index contributed by atoms with van der Waals surface area (Å²) in [4.78, 5) is 12.7. The Morgan fingerprint density at radius 1 is 0.764 bits per heavy atom. The van der Waals surface area contributed by atoms with E-state index in [2.05, 4.69) is 33.8 Å². The van der Waals surface area contributed by atoms with Crippen molar-refractivity contribution in [2.45, 2.75) is 203 Å². The molecule has 0 aromatic heterocycles. The summed E-state index contributed by atoms with van der Waals surface area (Å²) in [7, 11) is 0. The van der Waals surface area contributed by atoms with E-state index in [4.69, 9.17) is 42.6 Å². The minimum atomic E-state index is -4.62. The van der Waals surface area contributed by atoms with Crippen LogP contribution in [0.5, 0.6) is 0 Å². The largest absolute Gasteiger partial charge is 0.459 e. The van der Waals surface area contributed by atoms with Crippen LogP contribution < -0.4 is 0 Å². The third-order valence-electron chi connectivity index (χ3n) is 19.0. The Morgan fingerprint density at radius 3 is 2.15 bits per heavy atom. The minimum absolute atomic E-state index is 0.0776. The number of hydrogen-bond donors (Lipinski definition) is 7. The minimum Gasteiger partial charge on any atom is -0.459 e. The van der Waals surface area contributed by atoms with Crippen LogP contribution in [0.3, 0.4) is 0 Å². The first kappa shape index (κ1) is 53.0. The predicted octanol–water partition coefficient (Wildman–Crippen LogP) is 3.74. The molecule has 4 aliphatic carbocycles. The van der Waals surface area contributed by atoms with Gasteiger partial charge < -0.3 is 78.4 Å². The zero-order chi connectivity index (χ0) is 51.4. The van der Waals surface area contributed by atoms with Crippen LogP contribution in [0.15, 0.2) is 35.9 Å². The Hall–Kier alpha value is -2.38. The standard InChI is InChI=1S/C52H73F3O17/c1-23-12-17-51(65-21-23)24(2)36-33(72-51)19-32-30-11-10-28-18-29(13-15-49(28,4)31(30)14-16-50(32,36)5)67-48-44(71-46-41(61)39(59)37(57)25(3)66-46)42(62)43(34(20-56)68-48)70-47-40(60)38(58)35(69-47)22-64-45(63)26-6-8-27(9-7-26)52(53,54)55/h6-10,23-25,29-44,46-48,56-62H,11-22H2,1-5H3/t23-,24+,25+,29+,30?,31?,32?,33?,34-,35+,36?,37+,38+,39-,40-,41-,42+,43-,44-,46+,47+,48-,49+,50+,51-/m1/s1. The van der Waals surface area contributed by atoms with E-state index in [1.54, 1.807) is 0 Å². The lowest BCUT2D eigenvalue weighted by Gasteiger charge is -2.58. The monoisotopic (exact) mass is 1030 g/mol. The number of allylic oxidation sites excluding steroid dienone is 1. The summed E-state index contributed by atoms with van der Waals surface area (Å²) >= 11 is 0. The van der Waals surface area contributed by atoms with Crippen molar-refractivity contribution in [3.8, 4) is 0 Å². The molecule has 5 unspecified atom stereocenters. The number of aliphatic hydroxyl groups excluding tert-OH is 7. The van der Waals surface area contributed by atoms with Gasteiger partial charge >= 0.3 is 12.1 Å². The highest BCUT2D eigenvalue weighted by Gasteiger charge is 2.69. The van der Waals surface area contributed by atoms with Gasteiger partial charge in [-0.2, -0.15) is 13.2 Å². The van der Waals surface area contributed by atoms with Gasteiger partial charge in [-0.3, -0.25) is 0 Å². The van der Waals surface area contributed by atoms with Crippen LogP contribution in [-0.2, 0) is 48.8 Å². The molecule has 1 spiro atoms. The van der Waals surface area contributed by atoms with Crippen molar-refractivity contribution < 1.29 is 96.3 Å². The third kappa shape index (κ3) is 9.20. The average molecular weight is 1030 g/mol. The van der Waals surface area contributed by atoms with E-state index in [1.807, 2.05) is 0 Å². The molecule has 25 atom stereocenters. The second kappa shape index (κ2) is 19.9. The van der Waals surface area contributed by atoms with E-state index >= 15 is 0 Å². The van der Waals surface area contributed by atoms with Gasteiger partial charge in [-0.1, -0.05) is 39.3 Å².